The second kappa shape index (κ2) is 11.7. The minimum atomic E-state index is -0.314. The van der Waals surface area contributed by atoms with Gasteiger partial charge >= 0.3 is 0 Å². The van der Waals surface area contributed by atoms with Gasteiger partial charge in [0, 0.05) is 41.6 Å². The van der Waals surface area contributed by atoms with Crippen LogP contribution in [0.25, 0.3) is 91.4 Å². The summed E-state index contributed by atoms with van der Waals surface area (Å²) in [4.78, 5) is 22.6. The molecule has 8 bridgehead atoms. The number of aromatic nitrogens is 8. The predicted octanol–water partition coefficient (Wildman–Crippen LogP) is 8.50. The largest absolute Gasteiger partial charge is 0.354 e. The van der Waals surface area contributed by atoms with Gasteiger partial charge in [-0.2, -0.15) is 0 Å². The second-order valence-corrected chi connectivity index (χ2v) is 12.7. The van der Waals surface area contributed by atoms with Crippen LogP contribution in [0.2, 0.25) is 0 Å². The molecule has 248 valence electrons. The van der Waals surface area contributed by atoms with E-state index in [0.29, 0.717) is 11.4 Å². The SMILES string of the molecule is Cn1ccnc1-c1c2nc(c(-c3ccc(F)cc3)c3ccc([nH]3)c(-c3n(C)cc[n+]3C)c3nc(c(-c4ccc(F)cc4)c4ccc1[nH]4)C=C3)C=C2. The van der Waals surface area contributed by atoms with E-state index in [1.165, 1.54) is 24.3 Å². The van der Waals surface area contributed by atoms with Gasteiger partial charge < -0.3 is 14.5 Å². The van der Waals surface area contributed by atoms with Gasteiger partial charge in [0.1, 0.15) is 35.4 Å². The molecule has 51 heavy (non-hydrogen) atoms. The van der Waals surface area contributed by atoms with Crippen molar-refractivity contribution in [3.8, 4) is 45.0 Å². The predicted molar refractivity (Wildman–Crippen MR) is 197 cm³/mol. The van der Waals surface area contributed by atoms with E-state index in [1.807, 2.05) is 92.9 Å². The lowest BCUT2D eigenvalue weighted by atomic mass is 10.0. The molecule has 2 aliphatic rings. The number of H-pyrrole nitrogens is 2. The summed E-state index contributed by atoms with van der Waals surface area (Å²) in [6, 6.07) is 21.1. The Hall–Kier alpha value is -6.68. The third-order valence-corrected chi connectivity index (χ3v) is 9.47. The highest BCUT2D eigenvalue weighted by molar-refractivity contribution is 5.98. The van der Waals surface area contributed by atoms with Crippen molar-refractivity contribution in [3.63, 3.8) is 0 Å². The van der Waals surface area contributed by atoms with Crippen LogP contribution in [-0.4, -0.2) is 34.1 Å². The number of imidazole rings is 2. The van der Waals surface area contributed by atoms with Gasteiger partial charge in [-0.3, -0.25) is 0 Å². The molecule has 7 heterocycles. The highest BCUT2D eigenvalue weighted by Crippen LogP contribution is 2.37. The van der Waals surface area contributed by atoms with Gasteiger partial charge in [-0.1, -0.05) is 24.3 Å². The number of aromatic amines is 2. The first-order chi connectivity index (χ1) is 24.8. The summed E-state index contributed by atoms with van der Waals surface area (Å²) < 4.78 is 34.5. The van der Waals surface area contributed by atoms with Crippen LogP contribution in [0.3, 0.4) is 0 Å². The molecule has 9 rings (SSSR count). The fourth-order valence-corrected chi connectivity index (χ4v) is 7.07. The number of halogens is 2. The van der Waals surface area contributed by atoms with Crippen molar-refractivity contribution in [3.05, 3.63) is 132 Å². The van der Waals surface area contributed by atoms with Crippen molar-refractivity contribution < 1.29 is 13.3 Å². The Bertz CT molecular complexity index is 2680. The molecule has 0 saturated heterocycles. The lowest BCUT2D eigenvalue weighted by Crippen LogP contribution is -2.29. The minimum absolute atomic E-state index is 0.314. The zero-order valence-corrected chi connectivity index (χ0v) is 28.0. The van der Waals surface area contributed by atoms with E-state index in [2.05, 4.69) is 19.1 Å². The first-order valence-corrected chi connectivity index (χ1v) is 16.5. The summed E-state index contributed by atoms with van der Waals surface area (Å²) in [5.41, 5.74) is 11.1. The summed E-state index contributed by atoms with van der Waals surface area (Å²) in [5, 5.41) is 0. The van der Waals surface area contributed by atoms with E-state index >= 15 is 0 Å². The van der Waals surface area contributed by atoms with Gasteiger partial charge in [0.2, 0.25) is 0 Å². The van der Waals surface area contributed by atoms with Gasteiger partial charge in [-0.25, -0.2) is 32.9 Å². The van der Waals surface area contributed by atoms with Gasteiger partial charge in [0.25, 0.3) is 5.82 Å². The fraction of sp³-hybridized carbons (Fsp3) is 0.0732. The van der Waals surface area contributed by atoms with E-state index in [9.17, 15) is 8.78 Å². The van der Waals surface area contributed by atoms with Crippen LogP contribution >= 0.6 is 0 Å². The number of rotatable bonds is 4. The van der Waals surface area contributed by atoms with Crippen LogP contribution in [0.15, 0.2) is 97.6 Å². The van der Waals surface area contributed by atoms with E-state index in [0.717, 1.165) is 78.5 Å². The van der Waals surface area contributed by atoms with Crippen molar-refractivity contribution >= 4 is 46.4 Å². The Balaban J connectivity index is 1.49. The van der Waals surface area contributed by atoms with E-state index < -0.39 is 0 Å². The third kappa shape index (κ3) is 5.11. The van der Waals surface area contributed by atoms with E-state index in [-0.39, 0.29) is 11.6 Å². The zero-order chi connectivity index (χ0) is 34.8. The molecule has 0 radical (unpaired) electrons. The van der Waals surface area contributed by atoms with Crippen molar-refractivity contribution in [2.45, 2.75) is 0 Å². The van der Waals surface area contributed by atoms with Crippen molar-refractivity contribution in [1.29, 1.82) is 0 Å². The Morgan fingerprint density at radius 2 is 1.00 bits per heavy atom. The standard InChI is InChI=1S/C41H30F2N8/c1-49-21-20-44-40(49)38-32-16-12-28(45-32)36(24-4-8-26(42)9-5-24)30-14-18-34(47-30)39(41-50(2)22-23-51(41)3)35-19-15-31(48-35)37(29-13-17-33(38)46-29)25-6-10-27(43)11-7-25/h4-23H,1-3H3,(H,45,46,47,48)/p+1. The number of nitrogens with zero attached hydrogens (tertiary/aromatic N) is 6. The quantitative estimate of drug-likeness (QED) is 0.184. The van der Waals surface area contributed by atoms with Crippen LogP contribution in [0, 0.1) is 11.6 Å². The topological polar surface area (TPSA) is 84.0 Å². The van der Waals surface area contributed by atoms with E-state index in [4.69, 9.17) is 15.0 Å². The molecule has 0 saturated carbocycles. The molecule has 5 aromatic heterocycles. The highest BCUT2D eigenvalue weighted by atomic mass is 19.1. The first kappa shape index (κ1) is 30.4. The van der Waals surface area contributed by atoms with Crippen molar-refractivity contribution in [2.75, 3.05) is 0 Å². The molecule has 0 unspecified atom stereocenters. The summed E-state index contributed by atoms with van der Waals surface area (Å²) >= 11 is 0. The molecule has 10 heteroatoms. The normalized spacial score (nSPS) is 12.3. The summed E-state index contributed by atoms with van der Waals surface area (Å²) in [7, 11) is 5.96. The number of benzene rings is 2. The molecule has 0 spiro atoms. The van der Waals surface area contributed by atoms with Crippen LogP contribution < -0.4 is 4.57 Å². The molecule has 0 aliphatic carbocycles. The molecule has 8 nitrogen and oxygen atoms in total. The van der Waals surface area contributed by atoms with Gasteiger partial charge in [0.05, 0.1) is 53.5 Å². The number of nitrogens with one attached hydrogen (secondary N) is 2. The molecular formula is C41H31F2N8+. The zero-order valence-electron chi connectivity index (χ0n) is 28.0. The number of fused-ring (bicyclic) bond motifs is 8. The third-order valence-electron chi connectivity index (χ3n) is 9.47. The maximum Gasteiger partial charge on any atom is 0.292 e. The summed E-state index contributed by atoms with van der Waals surface area (Å²) in [6.07, 6.45) is 15.7. The Labute approximate surface area is 291 Å². The molecule has 0 fully saturated rings. The molecular weight excluding hydrogens is 643 g/mol. The maximum absolute atomic E-state index is 14.2. The first-order valence-electron chi connectivity index (χ1n) is 16.5. The Morgan fingerprint density at radius 1 is 0.549 bits per heavy atom. The van der Waals surface area contributed by atoms with E-state index in [1.54, 1.807) is 30.5 Å². The highest BCUT2D eigenvalue weighted by Gasteiger charge is 2.24. The van der Waals surface area contributed by atoms with Gasteiger partial charge in [0.15, 0.2) is 0 Å². The average Bonchev–Trinajstić information content (AvgIpc) is 3.98. The van der Waals surface area contributed by atoms with Crippen LogP contribution in [-0.2, 0) is 21.1 Å². The lowest BCUT2D eigenvalue weighted by molar-refractivity contribution is -0.659. The number of hydrogen-bond acceptors (Lipinski definition) is 3. The monoisotopic (exact) mass is 673 g/mol. The number of aryl methyl sites for hydroxylation is 3. The average molecular weight is 674 g/mol. The lowest BCUT2D eigenvalue weighted by Gasteiger charge is -2.06. The summed E-state index contributed by atoms with van der Waals surface area (Å²) in [6.45, 7) is 0. The van der Waals surface area contributed by atoms with Crippen LogP contribution in [0.4, 0.5) is 8.78 Å². The van der Waals surface area contributed by atoms with Gasteiger partial charge in [-0.05, 0) is 84.0 Å². The van der Waals surface area contributed by atoms with Crippen LogP contribution in [0.1, 0.15) is 22.8 Å². The molecule has 0 amide bonds. The maximum atomic E-state index is 14.2. The molecule has 2 aliphatic heterocycles. The van der Waals surface area contributed by atoms with Crippen molar-refractivity contribution in [1.82, 2.24) is 34.1 Å². The summed E-state index contributed by atoms with van der Waals surface area (Å²) in [5.74, 6) is 1.04. The minimum Gasteiger partial charge on any atom is -0.354 e. The Kier molecular flexibility index (Phi) is 6.99. The molecule has 7 aromatic rings. The number of hydrogen-bond donors (Lipinski definition) is 2. The molecule has 2 aromatic carbocycles. The smallest absolute Gasteiger partial charge is 0.292 e. The van der Waals surface area contributed by atoms with Gasteiger partial charge in [-0.15, -0.1) is 0 Å². The molecule has 2 N–H and O–H groups in total. The molecule has 0 atom stereocenters. The Morgan fingerprint density at radius 3 is 1.45 bits per heavy atom. The van der Waals surface area contributed by atoms with Crippen LogP contribution in [0.5, 0.6) is 0 Å². The fourth-order valence-electron chi connectivity index (χ4n) is 7.07. The van der Waals surface area contributed by atoms with Crippen molar-refractivity contribution in [2.24, 2.45) is 21.1 Å². The second-order valence-electron chi connectivity index (χ2n) is 12.7.